The zero-order valence-corrected chi connectivity index (χ0v) is 11.3. The normalized spacial score (nSPS) is 9.86. The Kier molecular flexibility index (Phi) is 4.21. The van der Waals surface area contributed by atoms with Gasteiger partial charge in [0, 0.05) is 15.9 Å². The summed E-state index contributed by atoms with van der Waals surface area (Å²) in [6.07, 6.45) is 0. The molecule has 0 saturated carbocycles. The van der Waals surface area contributed by atoms with Gasteiger partial charge in [0.25, 0.3) is 5.69 Å². The van der Waals surface area contributed by atoms with E-state index in [-0.39, 0.29) is 16.8 Å². The third-order valence-corrected chi connectivity index (χ3v) is 3.70. The molecule has 2 rings (SSSR count). The van der Waals surface area contributed by atoms with Gasteiger partial charge in [0.15, 0.2) is 0 Å². The fourth-order valence-electron chi connectivity index (χ4n) is 1.69. The van der Waals surface area contributed by atoms with E-state index in [1.54, 1.807) is 24.3 Å². The molecule has 0 heterocycles. The molecule has 0 fully saturated rings. The number of hydrogen-bond acceptors (Lipinski definition) is 5. The van der Waals surface area contributed by atoms with Crippen LogP contribution in [0.3, 0.4) is 0 Å². The Labute approximate surface area is 123 Å². The molecule has 0 radical (unpaired) electrons. The van der Waals surface area contributed by atoms with Crippen molar-refractivity contribution in [3.8, 4) is 6.07 Å². The Morgan fingerprint density at radius 2 is 2.00 bits per heavy atom. The first-order valence-electron chi connectivity index (χ1n) is 5.71. The molecular formula is C14H8N2O4S. The molecule has 0 spiro atoms. The van der Waals surface area contributed by atoms with E-state index in [4.69, 9.17) is 10.4 Å². The Morgan fingerprint density at radius 1 is 1.29 bits per heavy atom. The standard InChI is InChI=1S/C14H8N2O4S/c15-8-9-7-10(5-6-12(9)16(19)20)21-13-4-2-1-3-11(13)14(17)18/h1-7H,(H,17,18). The summed E-state index contributed by atoms with van der Waals surface area (Å²) in [7, 11) is 0. The van der Waals surface area contributed by atoms with Gasteiger partial charge in [-0.2, -0.15) is 5.26 Å². The van der Waals surface area contributed by atoms with Gasteiger partial charge in [-0.25, -0.2) is 4.79 Å². The van der Waals surface area contributed by atoms with Crippen molar-refractivity contribution >= 4 is 23.4 Å². The molecule has 2 aromatic carbocycles. The monoisotopic (exact) mass is 300 g/mol. The van der Waals surface area contributed by atoms with Crippen LogP contribution in [0.5, 0.6) is 0 Å². The van der Waals surface area contributed by atoms with Gasteiger partial charge in [0.1, 0.15) is 11.6 Å². The lowest BCUT2D eigenvalue weighted by molar-refractivity contribution is -0.385. The minimum Gasteiger partial charge on any atom is -0.478 e. The maximum atomic E-state index is 11.1. The molecule has 2 aromatic rings. The van der Waals surface area contributed by atoms with E-state index < -0.39 is 10.9 Å². The second kappa shape index (κ2) is 6.07. The predicted molar refractivity (Wildman–Crippen MR) is 75.3 cm³/mol. The van der Waals surface area contributed by atoms with Gasteiger partial charge in [0.2, 0.25) is 0 Å². The second-order valence-corrected chi connectivity index (χ2v) is 5.07. The molecule has 1 N–H and O–H groups in total. The third-order valence-electron chi connectivity index (χ3n) is 2.63. The third kappa shape index (κ3) is 3.19. The Balaban J connectivity index is 2.40. The second-order valence-electron chi connectivity index (χ2n) is 3.95. The molecule has 0 aromatic heterocycles. The van der Waals surface area contributed by atoms with Crippen molar-refractivity contribution in [2.75, 3.05) is 0 Å². The molecule has 6 nitrogen and oxygen atoms in total. The Hall–Kier alpha value is -2.85. The summed E-state index contributed by atoms with van der Waals surface area (Å²) in [5.74, 6) is -1.06. The zero-order chi connectivity index (χ0) is 15.4. The van der Waals surface area contributed by atoms with Crippen molar-refractivity contribution in [3.63, 3.8) is 0 Å². The topological polar surface area (TPSA) is 104 Å². The lowest BCUT2D eigenvalue weighted by Gasteiger charge is -2.06. The van der Waals surface area contributed by atoms with Crippen LogP contribution in [0.1, 0.15) is 15.9 Å². The number of carboxylic acids is 1. The van der Waals surface area contributed by atoms with Crippen molar-refractivity contribution in [2.45, 2.75) is 9.79 Å². The van der Waals surface area contributed by atoms with Gasteiger partial charge in [-0.15, -0.1) is 0 Å². The lowest BCUT2D eigenvalue weighted by Crippen LogP contribution is -1.98. The average molecular weight is 300 g/mol. The minimum absolute atomic E-state index is 0.0576. The summed E-state index contributed by atoms with van der Waals surface area (Å²) in [5.41, 5.74) is -0.189. The van der Waals surface area contributed by atoms with Crippen LogP contribution < -0.4 is 0 Å². The van der Waals surface area contributed by atoms with E-state index in [1.807, 2.05) is 0 Å². The van der Waals surface area contributed by atoms with Crippen LogP contribution >= 0.6 is 11.8 Å². The number of benzene rings is 2. The van der Waals surface area contributed by atoms with E-state index in [0.29, 0.717) is 9.79 Å². The largest absolute Gasteiger partial charge is 0.478 e. The minimum atomic E-state index is -1.06. The highest BCUT2D eigenvalue weighted by atomic mass is 32.2. The van der Waals surface area contributed by atoms with Gasteiger partial charge < -0.3 is 5.11 Å². The quantitative estimate of drug-likeness (QED) is 0.686. The number of nitro benzene ring substituents is 1. The van der Waals surface area contributed by atoms with Crippen LogP contribution in [0, 0.1) is 21.4 Å². The van der Waals surface area contributed by atoms with Crippen LogP contribution in [0.2, 0.25) is 0 Å². The molecule has 7 heteroatoms. The van der Waals surface area contributed by atoms with Crippen LogP contribution in [-0.4, -0.2) is 16.0 Å². The van der Waals surface area contributed by atoms with Gasteiger partial charge in [-0.05, 0) is 24.3 Å². The Bertz CT molecular complexity index is 768. The molecule has 0 bridgehead atoms. The fourth-order valence-corrected chi connectivity index (χ4v) is 2.67. The molecule has 0 unspecified atom stereocenters. The summed E-state index contributed by atoms with van der Waals surface area (Å²) in [5, 5.41) is 28.8. The molecule has 0 saturated heterocycles. The van der Waals surface area contributed by atoms with Crippen molar-refractivity contribution < 1.29 is 14.8 Å². The van der Waals surface area contributed by atoms with Crippen LogP contribution in [0.15, 0.2) is 52.3 Å². The van der Waals surface area contributed by atoms with E-state index in [0.717, 1.165) is 11.8 Å². The maximum Gasteiger partial charge on any atom is 0.336 e. The predicted octanol–water partition coefficient (Wildman–Crippen LogP) is 3.32. The number of rotatable bonds is 4. The highest BCUT2D eigenvalue weighted by molar-refractivity contribution is 7.99. The number of hydrogen-bond donors (Lipinski definition) is 1. The molecule has 104 valence electrons. The maximum absolute atomic E-state index is 11.1. The Morgan fingerprint density at radius 3 is 2.62 bits per heavy atom. The van der Waals surface area contributed by atoms with E-state index in [1.165, 1.54) is 24.3 Å². The van der Waals surface area contributed by atoms with Gasteiger partial charge in [-0.1, -0.05) is 23.9 Å². The highest BCUT2D eigenvalue weighted by Crippen LogP contribution is 2.33. The number of nitro groups is 1. The lowest BCUT2D eigenvalue weighted by atomic mass is 10.2. The van der Waals surface area contributed by atoms with Gasteiger partial charge >= 0.3 is 5.97 Å². The van der Waals surface area contributed by atoms with Crippen molar-refractivity contribution in [1.82, 2.24) is 0 Å². The summed E-state index contributed by atoms with van der Waals surface area (Å²) >= 11 is 1.14. The summed E-state index contributed by atoms with van der Waals surface area (Å²) in [6, 6.07) is 12.3. The number of carbonyl (C=O) groups is 1. The van der Waals surface area contributed by atoms with Crippen molar-refractivity contribution in [2.24, 2.45) is 0 Å². The first-order chi connectivity index (χ1) is 10.0. The first-order valence-corrected chi connectivity index (χ1v) is 6.53. The number of nitrogens with zero attached hydrogens (tertiary/aromatic N) is 2. The molecule has 0 aliphatic heterocycles. The van der Waals surface area contributed by atoms with Gasteiger partial charge in [0.05, 0.1) is 10.5 Å². The van der Waals surface area contributed by atoms with E-state index in [9.17, 15) is 14.9 Å². The van der Waals surface area contributed by atoms with Crippen molar-refractivity contribution in [3.05, 3.63) is 63.7 Å². The van der Waals surface area contributed by atoms with Crippen LogP contribution in [-0.2, 0) is 0 Å². The number of aromatic carboxylic acids is 1. The molecule has 0 amide bonds. The summed E-state index contributed by atoms with van der Waals surface area (Å²) in [6.45, 7) is 0. The van der Waals surface area contributed by atoms with E-state index >= 15 is 0 Å². The molecular weight excluding hydrogens is 292 g/mol. The van der Waals surface area contributed by atoms with Gasteiger partial charge in [-0.3, -0.25) is 10.1 Å². The summed E-state index contributed by atoms with van der Waals surface area (Å²) < 4.78 is 0. The van der Waals surface area contributed by atoms with Crippen LogP contribution in [0.4, 0.5) is 5.69 Å². The summed E-state index contributed by atoms with van der Waals surface area (Å²) in [4.78, 5) is 22.3. The molecule has 0 aliphatic carbocycles. The molecule has 21 heavy (non-hydrogen) atoms. The van der Waals surface area contributed by atoms with Crippen molar-refractivity contribution in [1.29, 1.82) is 5.26 Å². The zero-order valence-electron chi connectivity index (χ0n) is 10.5. The van der Waals surface area contributed by atoms with Crippen LogP contribution in [0.25, 0.3) is 0 Å². The first kappa shape index (κ1) is 14.6. The highest BCUT2D eigenvalue weighted by Gasteiger charge is 2.15. The number of carboxylic acid groups (broad SMARTS) is 1. The fraction of sp³-hybridized carbons (Fsp3) is 0. The average Bonchev–Trinajstić information content (AvgIpc) is 2.47. The molecule has 0 aliphatic rings. The SMILES string of the molecule is N#Cc1cc(Sc2ccccc2C(=O)O)ccc1[N+](=O)[O-]. The molecule has 0 atom stereocenters. The van der Waals surface area contributed by atoms with E-state index in [2.05, 4.69) is 0 Å². The smallest absolute Gasteiger partial charge is 0.336 e. The number of nitriles is 1.